The first kappa shape index (κ1) is 13.7. The molecule has 0 amide bonds. The topological polar surface area (TPSA) is 87.6 Å². The lowest BCUT2D eigenvalue weighted by Gasteiger charge is -2.12. The molecule has 0 bridgehead atoms. The number of nitrogens with one attached hydrogen (secondary N) is 1. The minimum atomic E-state index is -0.510. The number of aromatic nitrogens is 2. The number of nitriles is 1. The van der Waals surface area contributed by atoms with Crippen molar-refractivity contribution >= 4 is 17.3 Å². The number of benzene rings is 1. The molecule has 0 saturated carbocycles. The molecule has 0 aliphatic heterocycles. The Morgan fingerprint density at radius 2 is 2.20 bits per heavy atom. The van der Waals surface area contributed by atoms with Gasteiger partial charge in [0.15, 0.2) is 0 Å². The molecule has 1 aromatic carbocycles. The van der Waals surface area contributed by atoms with Crippen LogP contribution in [0, 0.1) is 17.1 Å². The maximum Gasteiger partial charge on any atom is 0.147 e. The summed E-state index contributed by atoms with van der Waals surface area (Å²) in [5.74, 6) is 0.366. The lowest BCUT2D eigenvalue weighted by atomic mass is 10.1. The van der Waals surface area contributed by atoms with Crippen LogP contribution in [-0.4, -0.2) is 9.97 Å². The number of nitrogen functional groups attached to an aromatic ring is 1. The molecule has 0 unspecified atom stereocenters. The molecule has 2 aromatic rings. The van der Waals surface area contributed by atoms with E-state index in [1.54, 1.807) is 0 Å². The fourth-order valence-electron chi connectivity index (χ4n) is 1.84. The second kappa shape index (κ2) is 5.97. The molecule has 0 atom stereocenters. The molecule has 20 heavy (non-hydrogen) atoms. The van der Waals surface area contributed by atoms with Crippen molar-refractivity contribution in [2.24, 2.45) is 0 Å². The molecule has 2 rings (SSSR count). The lowest BCUT2D eigenvalue weighted by Crippen LogP contribution is -2.06. The molecule has 102 valence electrons. The highest BCUT2D eigenvalue weighted by Gasteiger charge is 2.11. The molecule has 0 spiro atoms. The van der Waals surface area contributed by atoms with Crippen LogP contribution < -0.4 is 11.1 Å². The van der Waals surface area contributed by atoms with Crippen LogP contribution in [0.3, 0.4) is 0 Å². The zero-order chi connectivity index (χ0) is 14.5. The zero-order valence-electron chi connectivity index (χ0n) is 11.0. The first-order valence-corrected chi connectivity index (χ1v) is 6.21. The summed E-state index contributed by atoms with van der Waals surface area (Å²) in [6.07, 6.45) is 2.91. The van der Waals surface area contributed by atoms with Crippen molar-refractivity contribution in [3.8, 4) is 6.07 Å². The van der Waals surface area contributed by atoms with E-state index in [1.165, 1.54) is 24.5 Å². The molecule has 1 aromatic heterocycles. The van der Waals surface area contributed by atoms with Crippen LogP contribution in [-0.2, 0) is 6.42 Å². The average molecular weight is 271 g/mol. The smallest absolute Gasteiger partial charge is 0.147 e. The van der Waals surface area contributed by atoms with Gasteiger partial charge in [0.05, 0.1) is 17.3 Å². The Balaban J connectivity index is 2.35. The van der Waals surface area contributed by atoms with Crippen LogP contribution in [0.4, 0.5) is 21.7 Å². The Kier molecular flexibility index (Phi) is 4.11. The fraction of sp³-hybridized carbons (Fsp3) is 0.214. The third kappa shape index (κ3) is 2.83. The molecule has 0 radical (unpaired) electrons. The summed E-state index contributed by atoms with van der Waals surface area (Å²) in [5, 5.41) is 11.6. The van der Waals surface area contributed by atoms with Crippen LogP contribution in [0.5, 0.6) is 0 Å². The van der Waals surface area contributed by atoms with E-state index in [0.29, 0.717) is 18.1 Å². The van der Waals surface area contributed by atoms with Crippen LogP contribution in [0.2, 0.25) is 0 Å². The number of hydrogen-bond donors (Lipinski definition) is 2. The largest absolute Gasteiger partial charge is 0.383 e. The van der Waals surface area contributed by atoms with Gasteiger partial charge in [-0.05, 0) is 24.6 Å². The average Bonchev–Trinajstić information content (AvgIpc) is 2.44. The van der Waals surface area contributed by atoms with Crippen LogP contribution in [0.1, 0.15) is 24.5 Å². The Morgan fingerprint density at radius 1 is 1.40 bits per heavy atom. The van der Waals surface area contributed by atoms with Gasteiger partial charge in [-0.2, -0.15) is 5.26 Å². The third-order valence-electron chi connectivity index (χ3n) is 2.83. The van der Waals surface area contributed by atoms with Gasteiger partial charge in [0.1, 0.15) is 23.8 Å². The van der Waals surface area contributed by atoms with Crippen molar-refractivity contribution in [3.63, 3.8) is 0 Å². The molecule has 6 heteroatoms. The normalized spacial score (nSPS) is 10.1. The first-order valence-electron chi connectivity index (χ1n) is 6.21. The van der Waals surface area contributed by atoms with Gasteiger partial charge >= 0.3 is 0 Å². The Hall–Kier alpha value is -2.68. The van der Waals surface area contributed by atoms with Gasteiger partial charge in [-0.1, -0.05) is 13.3 Å². The van der Waals surface area contributed by atoms with Gasteiger partial charge in [0.25, 0.3) is 0 Å². The van der Waals surface area contributed by atoms with Crippen molar-refractivity contribution < 1.29 is 4.39 Å². The summed E-state index contributed by atoms with van der Waals surface area (Å²) in [7, 11) is 0. The van der Waals surface area contributed by atoms with E-state index in [0.717, 1.165) is 12.0 Å². The highest BCUT2D eigenvalue weighted by molar-refractivity contribution is 5.64. The molecule has 5 nitrogen and oxygen atoms in total. The Bertz CT molecular complexity index is 663. The predicted molar refractivity (Wildman–Crippen MR) is 74.8 cm³/mol. The molecule has 0 aliphatic carbocycles. The number of nitrogens with two attached hydrogens (primary N) is 1. The highest BCUT2D eigenvalue weighted by atomic mass is 19.1. The second-order valence-corrected chi connectivity index (χ2v) is 4.27. The summed E-state index contributed by atoms with van der Waals surface area (Å²) in [4.78, 5) is 8.04. The van der Waals surface area contributed by atoms with Crippen LogP contribution >= 0.6 is 0 Å². The van der Waals surface area contributed by atoms with E-state index in [4.69, 9.17) is 11.0 Å². The zero-order valence-corrected chi connectivity index (χ0v) is 11.0. The summed E-state index contributed by atoms with van der Waals surface area (Å²) in [6.45, 7) is 2.01. The predicted octanol–water partition coefficient (Wildman–Crippen LogP) is 2.77. The molecule has 3 N–H and O–H groups in total. The summed E-state index contributed by atoms with van der Waals surface area (Å²) in [5.41, 5.74) is 7.10. The van der Waals surface area contributed by atoms with Gasteiger partial charge in [-0.15, -0.1) is 0 Å². The molecule has 0 saturated heterocycles. The number of rotatable bonds is 4. The molecule has 0 aliphatic rings. The van der Waals surface area contributed by atoms with Gasteiger partial charge in [-0.25, -0.2) is 14.4 Å². The van der Waals surface area contributed by atoms with Crippen molar-refractivity contribution in [2.45, 2.75) is 19.8 Å². The van der Waals surface area contributed by atoms with Crippen LogP contribution in [0.25, 0.3) is 0 Å². The summed E-state index contributed by atoms with van der Waals surface area (Å²) >= 11 is 0. The fourth-order valence-corrected chi connectivity index (χ4v) is 1.84. The van der Waals surface area contributed by atoms with Gasteiger partial charge in [0, 0.05) is 5.56 Å². The van der Waals surface area contributed by atoms with Gasteiger partial charge in [0.2, 0.25) is 0 Å². The van der Waals surface area contributed by atoms with Crippen molar-refractivity contribution in [1.82, 2.24) is 9.97 Å². The number of hydrogen-bond acceptors (Lipinski definition) is 5. The highest BCUT2D eigenvalue weighted by Crippen LogP contribution is 2.25. The lowest BCUT2D eigenvalue weighted by molar-refractivity contribution is 0.631. The number of anilines is 3. The SMILES string of the molecule is CCCc1c(N)ncnc1Nc1ccc(C#N)cc1F. The Morgan fingerprint density at radius 3 is 2.85 bits per heavy atom. The van der Waals surface area contributed by atoms with Crippen molar-refractivity contribution in [3.05, 3.63) is 41.5 Å². The second-order valence-electron chi connectivity index (χ2n) is 4.27. The van der Waals surface area contributed by atoms with Gasteiger partial charge < -0.3 is 11.1 Å². The Labute approximate surface area is 116 Å². The number of halogens is 1. The molecular weight excluding hydrogens is 257 g/mol. The third-order valence-corrected chi connectivity index (χ3v) is 2.83. The molecule has 0 fully saturated rings. The standard InChI is InChI=1S/C14H14FN5/c1-2-3-10-13(17)18-8-19-14(10)20-12-5-4-9(7-16)6-11(12)15/h4-6,8H,2-3H2,1H3,(H3,17,18,19,20). The maximum atomic E-state index is 13.9. The van der Waals surface area contributed by atoms with Crippen molar-refractivity contribution in [1.29, 1.82) is 5.26 Å². The maximum absolute atomic E-state index is 13.9. The van der Waals surface area contributed by atoms with E-state index in [9.17, 15) is 4.39 Å². The summed E-state index contributed by atoms with van der Waals surface area (Å²) in [6, 6.07) is 6.10. The van der Waals surface area contributed by atoms with E-state index in [2.05, 4.69) is 15.3 Å². The quantitative estimate of drug-likeness (QED) is 0.892. The minimum absolute atomic E-state index is 0.249. The van der Waals surface area contributed by atoms with E-state index in [1.807, 2.05) is 13.0 Å². The van der Waals surface area contributed by atoms with Crippen molar-refractivity contribution in [2.75, 3.05) is 11.1 Å². The van der Waals surface area contributed by atoms with E-state index < -0.39 is 5.82 Å². The van der Waals surface area contributed by atoms with E-state index >= 15 is 0 Å². The van der Waals surface area contributed by atoms with Crippen LogP contribution in [0.15, 0.2) is 24.5 Å². The summed E-state index contributed by atoms with van der Waals surface area (Å²) < 4.78 is 13.9. The molecular formula is C14H14FN5. The first-order chi connectivity index (χ1) is 9.65. The monoisotopic (exact) mass is 271 g/mol. The number of nitrogens with zero attached hydrogens (tertiary/aromatic N) is 3. The van der Waals surface area contributed by atoms with E-state index in [-0.39, 0.29) is 11.3 Å². The minimum Gasteiger partial charge on any atom is -0.383 e. The molecule has 1 heterocycles. The van der Waals surface area contributed by atoms with Gasteiger partial charge in [-0.3, -0.25) is 0 Å².